The molecule has 7 nitrogen and oxygen atoms in total. The van der Waals surface area contributed by atoms with Crippen molar-refractivity contribution >= 4 is 0 Å². The molecule has 0 aliphatic heterocycles. The summed E-state index contributed by atoms with van der Waals surface area (Å²) >= 11 is 0. The lowest BCUT2D eigenvalue weighted by Crippen LogP contribution is -2.16. The zero-order valence-corrected chi connectivity index (χ0v) is 13.9. The molecule has 7 heteroatoms. The molecule has 22 heavy (non-hydrogen) atoms. The van der Waals surface area contributed by atoms with Gasteiger partial charge in [-0.05, 0) is 19.9 Å². The van der Waals surface area contributed by atoms with Crippen LogP contribution in [-0.2, 0) is 23.7 Å². The van der Waals surface area contributed by atoms with Gasteiger partial charge in [0.15, 0.2) is 0 Å². The summed E-state index contributed by atoms with van der Waals surface area (Å²) in [7, 11) is 1.90. The Kier molecular flexibility index (Phi) is 20.5. The highest BCUT2D eigenvalue weighted by Crippen LogP contribution is 1.89. The summed E-state index contributed by atoms with van der Waals surface area (Å²) in [6.07, 6.45) is 1.72. The van der Waals surface area contributed by atoms with Crippen molar-refractivity contribution in [2.75, 3.05) is 86.3 Å². The Morgan fingerprint density at radius 2 is 1.00 bits per heavy atom. The van der Waals surface area contributed by atoms with Crippen LogP contribution < -0.4 is 5.32 Å². The Morgan fingerprint density at radius 1 is 0.591 bits per heavy atom. The van der Waals surface area contributed by atoms with E-state index in [1.807, 2.05) is 7.05 Å². The fraction of sp³-hybridized carbons (Fsp3) is 1.00. The van der Waals surface area contributed by atoms with Gasteiger partial charge < -0.3 is 34.1 Å². The van der Waals surface area contributed by atoms with Gasteiger partial charge in [0.1, 0.15) is 0 Å². The Bertz CT molecular complexity index is 177. The van der Waals surface area contributed by atoms with Crippen molar-refractivity contribution in [1.82, 2.24) is 5.32 Å². The number of hydrogen-bond acceptors (Lipinski definition) is 7. The summed E-state index contributed by atoms with van der Waals surface area (Å²) in [6, 6.07) is 0. The largest absolute Gasteiger partial charge is 0.394 e. The maximum atomic E-state index is 8.51. The van der Waals surface area contributed by atoms with Crippen molar-refractivity contribution in [1.29, 1.82) is 0 Å². The topological polar surface area (TPSA) is 78.4 Å². The fourth-order valence-corrected chi connectivity index (χ4v) is 1.51. The van der Waals surface area contributed by atoms with Gasteiger partial charge in [-0.2, -0.15) is 0 Å². The molecular weight excluding hydrogens is 290 g/mol. The lowest BCUT2D eigenvalue weighted by molar-refractivity contribution is 0.0168. The molecule has 0 saturated heterocycles. The minimum absolute atomic E-state index is 0.0712. The van der Waals surface area contributed by atoms with Gasteiger partial charge in [-0.15, -0.1) is 0 Å². The molecule has 0 heterocycles. The van der Waals surface area contributed by atoms with Crippen molar-refractivity contribution in [2.24, 2.45) is 0 Å². The second-order valence-corrected chi connectivity index (χ2v) is 4.60. The van der Waals surface area contributed by atoms with Crippen molar-refractivity contribution in [3.63, 3.8) is 0 Å². The van der Waals surface area contributed by atoms with Crippen LogP contribution in [0.25, 0.3) is 0 Å². The maximum Gasteiger partial charge on any atom is 0.0701 e. The van der Waals surface area contributed by atoms with Crippen molar-refractivity contribution < 1.29 is 28.8 Å². The highest BCUT2D eigenvalue weighted by Gasteiger charge is 1.93. The van der Waals surface area contributed by atoms with Crippen LogP contribution in [0.4, 0.5) is 0 Å². The molecule has 0 atom stereocenters. The number of aliphatic hydroxyl groups excluding tert-OH is 1. The molecule has 0 amide bonds. The molecule has 0 rings (SSSR count). The van der Waals surface area contributed by atoms with Crippen molar-refractivity contribution in [3.05, 3.63) is 0 Å². The Labute approximate surface area is 134 Å². The highest BCUT2D eigenvalue weighted by molar-refractivity contribution is 4.39. The fourth-order valence-electron chi connectivity index (χ4n) is 1.51. The number of likely N-dealkylation sites (N-methyl/N-ethyl adjacent to an activating group) is 1. The quantitative estimate of drug-likeness (QED) is 0.326. The summed E-state index contributed by atoms with van der Waals surface area (Å²) in [5.74, 6) is 0. The summed E-state index contributed by atoms with van der Waals surface area (Å²) in [5, 5.41) is 11.5. The van der Waals surface area contributed by atoms with Crippen molar-refractivity contribution in [3.8, 4) is 0 Å². The molecule has 0 aliphatic rings. The molecule has 0 unspecified atom stereocenters. The third-order valence-electron chi connectivity index (χ3n) is 2.63. The Hall–Kier alpha value is -0.280. The standard InChI is InChI=1S/C15H33NO6/c1-16-4-10-22-15-14-21-9-3-8-20-13-12-19-7-2-6-18-11-5-17/h16-17H,2-15H2,1H3. The van der Waals surface area contributed by atoms with E-state index in [-0.39, 0.29) is 6.61 Å². The van der Waals surface area contributed by atoms with Crippen LogP contribution in [0.5, 0.6) is 0 Å². The molecule has 0 aromatic carbocycles. The molecule has 0 fully saturated rings. The SMILES string of the molecule is CNCCOCCOCCCOCCOCCCOCCO. The van der Waals surface area contributed by atoms with E-state index in [0.29, 0.717) is 59.5 Å². The van der Waals surface area contributed by atoms with Crippen LogP contribution in [0.2, 0.25) is 0 Å². The van der Waals surface area contributed by atoms with Gasteiger partial charge >= 0.3 is 0 Å². The molecule has 0 aromatic heterocycles. The van der Waals surface area contributed by atoms with E-state index in [2.05, 4.69) is 5.32 Å². The van der Waals surface area contributed by atoms with E-state index >= 15 is 0 Å². The minimum Gasteiger partial charge on any atom is -0.394 e. The third-order valence-corrected chi connectivity index (χ3v) is 2.63. The Morgan fingerprint density at radius 3 is 1.41 bits per heavy atom. The summed E-state index contributed by atoms with van der Waals surface area (Å²) in [4.78, 5) is 0. The highest BCUT2D eigenvalue weighted by atomic mass is 16.5. The van der Waals surface area contributed by atoms with E-state index in [9.17, 15) is 0 Å². The second kappa shape index (κ2) is 20.7. The molecule has 0 saturated carbocycles. The zero-order chi connectivity index (χ0) is 16.1. The first kappa shape index (κ1) is 21.7. The van der Waals surface area contributed by atoms with Crippen molar-refractivity contribution in [2.45, 2.75) is 12.8 Å². The lowest BCUT2D eigenvalue weighted by atomic mass is 10.5. The second-order valence-electron chi connectivity index (χ2n) is 4.60. The van der Waals surface area contributed by atoms with E-state index in [1.54, 1.807) is 0 Å². The van der Waals surface area contributed by atoms with E-state index < -0.39 is 0 Å². The molecule has 0 aromatic rings. The molecule has 2 N–H and O–H groups in total. The summed E-state index contributed by atoms with van der Waals surface area (Å²) in [6.45, 7) is 7.18. The molecule has 0 aliphatic carbocycles. The molecule has 0 radical (unpaired) electrons. The third kappa shape index (κ3) is 19.7. The number of rotatable bonds is 19. The van der Waals surface area contributed by atoms with Crippen LogP contribution in [-0.4, -0.2) is 91.4 Å². The van der Waals surface area contributed by atoms with Crippen LogP contribution in [0.1, 0.15) is 12.8 Å². The van der Waals surface area contributed by atoms with Crippen LogP contribution in [0.3, 0.4) is 0 Å². The van der Waals surface area contributed by atoms with Crippen LogP contribution >= 0.6 is 0 Å². The van der Waals surface area contributed by atoms with Gasteiger partial charge in [0, 0.05) is 33.0 Å². The van der Waals surface area contributed by atoms with Crippen LogP contribution in [0.15, 0.2) is 0 Å². The predicted octanol–water partition coefficient (Wildman–Crippen LogP) is 0.0613. The van der Waals surface area contributed by atoms with E-state index in [4.69, 9.17) is 28.8 Å². The molecule has 0 bridgehead atoms. The van der Waals surface area contributed by atoms with Gasteiger partial charge in [-0.25, -0.2) is 0 Å². The van der Waals surface area contributed by atoms with E-state index in [1.165, 1.54) is 0 Å². The first-order chi connectivity index (χ1) is 10.9. The zero-order valence-electron chi connectivity index (χ0n) is 13.9. The van der Waals surface area contributed by atoms with E-state index in [0.717, 1.165) is 26.0 Å². The lowest BCUT2D eigenvalue weighted by Gasteiger charge is -2.07. The summed E-state index contributed by atoms with van der Waals surface area (Å²) < 4.78 is 26.7. The molecule has 134 valence electrons. The predicted molar refractivity (Wildman–Crippen MR) is 84.3 cm³/mol. The summed E-state index contributed by atoms with van der Waals surface area (Å²) in [5.41, 5.74) is 0. The first-order valence-electron chi connectivity index (χ1n) is 8.06. The average Bonchev–Trinajstić information content (AvgIpc) is 2.54. The molecule has 0 spiro atoms. The number of aliphatic hydroxyl groups is 1. The van der Waals surface area contributed by atoms with Gasteiger partial charge in [0.25, 0.3) is 0 Å². The normalized spacial score (nSPS) is 11.2. The van der Waals surface area contributed by atoms with Gasteiger partial charge in [0.2, 0.25) is 0 Å². The monoisotopic (exact) mass is 323 g/mol. The minimum atomic E-state index is 0.0712. The number of ether oxygens (including phenoxy) is 5. The smallest absolute Gasteiger partial charge is 0.0701 e. The first-order valence-corrected chi connectivity index (χ1v) is 8.06. The maximum absolute atomic E-state index is 8.51. The average molecular weight is 323 g/mol. The molecular formula is C15H33NO6. The van der Waals surface area contributed by atoms with Gasteiger partial charge in [0.05, 0.1) is 46.2 Å². The Balaban J connectivity index is 2.91. The van der Waals surface area contributed by atoms with Gasteiger partial charge in [-0.3, -0.25) is 0 Å². The van der Waals surface area contributed by atoms with Gasteiger partial charge in [-0.1, -0.05) is 0 Å². The van der Waals surface area contributed by atoms with Crippen LogP contribution in [0, 0.1) is 0 Å². The number of nitrogens with one attached hydrogen (secondary N) is 1. The number of hydrogen-bond donors (Lipinski definition) is 2.